The number of rotatable bonds is 4. The molecule has 2 atom stereocenters. The van der Waals surface area contributed by atoms with E-state index in [2.05, 4.69) is 55.2 Å². The van der Waals surface area contributed by atoms with Gasteiger partial charge in [-0.1, -0.05) is 74.4 Å². The van der Waals surface area contributed by atoms with E-state index in [0.29, 0.717) is 5.92 Å². The molecule has 28 heavy (non-hydrogen) atoms. The third-order valence-electron chi connectivity index (χ3n) is 6.04. The van der Waals surface area contributed by atoms with E-state index >= 15 is 0 Å². The maximum atomic E-state index is 13.2. The summed E-state index contributed by atoms with van der Waals surface area (Å²) >= 11 is 0. The van der Waals surface area contributed by atoms with E-state index in [1.165, 1.54) is 66.1 Å². The Morgan fingerprint density at radius 2 is 1.79 bits per heavy atom. The van der Waals surface area contributed by atoms with Crippen LogP contribution in [0.25, 0.3) is 10.8 Å². The largest absolute Gasteiger partial charge is 0.207 e. The van der Waals surface area contributed by atoms with E-state index in [9.17, 15) is 4.39 Å². The van der Waals surface area contributed by atoms with Crippen LogP contribution in [0.1, 0.15) is 61.6 Å². The summed E-state index contributed by atoms with van der Waals surface area (Å²) in [5, 5.41) is 2.69. The number of unbranched alkanes of at least 4 members (excludes halogenated alkanes) is 2. The molecule has 0 aromatic heterocycles. The number of halogens is 1. The molecule has 3 aromatic rings. The monoisotopic (exact) mass is 370 g/mol. The van der Waals surface area contributed by atoms with Crippen molar-refractivity contribution in [2.45, 2.75) is 51.4 Å². The highest BCUT2D eigenvalue weighted by molar-refractivity contribution is 5.87. The molecule has 3 aromatic carbocycles. The van der Waals surface area contributed by atoms with Crippen LogP contribution in [0.5, 0.6) is 0 Å². The molecule has 142 valence electrons. The SMILES string of the molecule is CCCCC[C@@H]1CCc2c(ccc3ccccc23)[C@H]1C#Cc1ccc(F)cc1. The highest BCUT2D eigenvalue weighted by Gasteiger charge is 2.28. The second-order valence-corrected chi connectivity index (χ2v) is 7.90. The Balaban J connectivity index is 1.72. The lowest BCUT2D eigenvalue weighted by molar-refractivity contribution is 0.382. The van der Waals surface area contributed by atoms with Crippen LogP contribution in [0, 0.1) is 23.6 Å². The lowest BCUT2D eigenvalue weighted by Crippen LogP contribution is -2.20. The molecule has 0 aliphatic heterocycles. The molecule has 0 radical (unpaired) electrons. The quantitative estimate of drug-likeness (QED) is 0.335. The van der Waals surface area contributed by atoms with Crippen LogP contribution < -0.4 is 0 Å². The van der Waals surface area contributed by atoms with Gasteiger partial charge in [0.25, 0.3) is 0 Å². The molecule has 0 spiro atoms. The summed E-state index contributed by atoms with van der Waals surface area (Å²) in [5.74, 6) is 7.57. The Bertz CT molecular complexity index is 1000. The van der Waals surface area contributed by atoms with Crippen LogP contribution in [0.3, 0.4) is 0 Å². The average Bonchev–Trinajstić information content (AvgIpc) is 2.73. The minimum Gasteiger partial charge on any atom is -0.207 e. The van der Waals surface area contributed by atoms with E-state index in [0.717, 1.165) is 12.0 Å². The van der Waals surface area contributed by atoms with Crippen molar-refractivity contribution in [1.82, 2.24) is 0 Å². The van der Waals surface area contributed by atoms with Gasteiger partial charge in [-0.3, -0.25) is 0 Å². The van der Waals surface area contributed by atoms with Crippen molar-refractivity contribution < 1.29 is 4.39 Å². The van der Waals surface area contributed by atoms with Crippen molar-refractivity contribution in [3.63, 3.8) is 0 Å². The summed E-state index contributed by atoms with van der Waals surface area (Å²) in [7, 11) is 0. The highest BCUT2D eigenvalue weighted by atomic mass is 19.1. The van der Waals surface area contributed by atoms with Gasteiger partial charge in [0.15, 0.2) is 0 Å². The second-order valence-electron chi connectivity index (χ2n) is 7.90. The topological polar surface area (TPSA) is 0 Å². The predicted octanol–water partition coefficient (Wildman–Crippen LogP) is 7.26. The first kappa shape index (κ1) is 18.8. The molecule has 1 aliphatic rings. The summed E-state index contributed by atoms with van der Waals surface area (Å²) in [6, 6.07) is 19.8. The summed E-state index contributed by atoms with van der Waals surface area (Å²) in [4.78, 5) is 0. The van der Waals surface area contributed by atoms with Gasteiger partial charge < -0.3 is 0 Å². The van der Waals surface area contributed by atoms with Gasteiger partial charge in [0.2, 0.25) is 0 Å². The molecular weight excluding hydrogens is 343 g/mol. The fourth-order valence-corrected chi connectivity index (χ4v) is 4.53. The molecule has 0 heterocycles. The first-order valence-corrected chi connectivity index (χ1v) is 10.5. The second kappa shape index (κ2) is 8.61. The Morgan fingerprint density at radius 1 is 0.964 bits per heavy atom. The third kappa shape index (κ3) is 3.97. The van der Waals surface area contributed by atoms with E-state index in [1.807, 2.05) is 0 Å². The number of aryl methyl sites for hydroxylation is 1. The molecule has 0 amide bonds. The zero-order chi connectivity index (χ0) is 19.3. The Labute approximate surface area is 167 Å². The fourth-order valence-electron chi connectivity index (χ4n) is 4.53. The number of hydrogen-bond acceptors (Lipinski definition) is 0. The van der Waals surface area contributed by atoms with Crippen LogP contribution in [0.15, 0.2) is 60.7 Å². The summed E-state index contributed by atoms with van der Waals surface area (Å²) in [5.41, 5.74) is 3.77. The first-order valence-electron chi connectivity index (χ1n) is 10.5. The van der Waals surface area contributed by atoms with Gasteiger partial charge in [0, 0.05) is 11.5 Å². The van der Waals surface area contributed by atoms with Crippen molar-refractivity contribution in [3.05, 3.63) is 83.2 Å². The van der Waals surface area contributed by atoms with Crippen molar-refractivity contribution in [2.24, 2.45) is 5.92 Å². The smallest absolute Gasteiger partial charge is 0.123 e. The Morgan fingerprint density at radius 3 is 2.61 bits per heavy atom. The predicted molar refractivity (Wildman–Crippen MR) is 116 cm³/mol. The van der Waals surface area contributed by atoms with E-state index in [-0.39, 0.29) is 11.7 Å². The number of hydrogen-bond donors (Lipinski definition) is 0. The van der Waals surface area contributed by atoms with Crippen molar-refractivity contribution in [2.75, 3.05) is 0 Å². The summed E-state index contributed by atoms with van der Waals surface area (Å²) in [6.45, 7) is 2.26. The van der Waals surface area contributed by atoms with Crippen molar-refractivity contribution in [3.8, 4) is 11.8 Å². The number of fused-ring (bicyclic) bond motifs is 3. The molecule has 1 heteroatoms. The first-order chi connectivity index (χ1) is 13.8. The van der Waals surface area contributed by atoms with Crippen LogP contribution in [0.4, 0.5) is 4.39 Å². The van der Waals surface area contributed by atoms with Gasteiger partial charge in [-0.2, -0.15) is 0 Å². The third-order valence-corrected chi connectivity index (χ3v) is 6.04. The molecule has 0 unspecified atom stereocenters. The normalized spacial score (nSPS) is 18.4. The van der Waals surface area contributed by atoms with Crippen LogP contribution in [-0.2, 0) is 6.42 Å². The molecular formula is C27H27F. The van der Waals surface area contributed by atoms with Crippen molar-refractivity contribution in [1.29, 1.82) is 0 Å². The van der Waals surface area contributed by atoms with Gasteiger partial charge >= 0.3 is 0 Å². The van der Waals surface area contributed by atoms with Crippen LogP contribution >= 0.6 is 0 Å². The summed E-state index contributed by atoms with van der Waals surface area (Å²) < 4.78 is 13.2. The minimum atomic E-state index is -0.211. The zero-order valence-electron chi connectivity index (χ0n) is 16.5. The molecule has 0 saturated carbocycles. The highest BCUT2D eigenvalue weighted by Crippen LogP contribution is 2.41. The molecule has 0 fully saturated rings. The maximum absolute atomic E-state index is 13.2. The molecule has 0 bridgehead atoms. The summed E-state index contributed by atoms with van der Waals surface area (Å²) in [6.07, 6.45) is 7.40. The Hall–Kier alpha value is -2.59. The van der Waals surface area contributed by atoms with Crippen LogP contribution in [0.2, 0.25) is 0 Å². The van der Waals surface area contributed by atoms with Crippen LogP contribution in [-0.4, -0.2) is 0 Å². The lowest BCUT2D eigenvalue weighted by atomic mass is 9.72. The average molecular weight is 371 g/mol. The van der Waals surface area contributed by atoms with Gasteiger partial charge in [0.1, 0.15) is 5.82 Å². The number of benzene rings is 3. The van der Waals surface area contributed by atoms with E-state index in [4.69, 9.17) is 0 Å². The van der Waals surface area contributed by atoms with E-state index < -0.39 is 0 Å². The molecule has 0 N–H and O–H groups in total. The standard InChI is InChI=1S/C27H27F/c1-2-3-4-7-22-14-18-26-24-9-6-5-8-21(24)13-19-27(26)25(22)17-12-20-10-15-23(28)16-11-20/h5-6,8-11,13,15-16,19,22,25H,2-4,7,14,18H2,1H3/t22-,25+/m1/s1. The maximum Gasteiger partial charge on any atom is 0.123 e. The Kier molecular flexibility index (Phi) is 5.77. The lowest BCUT2D eigenvalue weighted by Gasteiger charge is -2.31. The zero-order valence-corrected chi connectivity index (χ0v) is 16.5. The minimum absolute atomic E-state index is 0.211. The molecule has 4 rings (SSSR count). The fraction of sp³-hybridized carbons (Fsp3) is 0.333. The molecule has 0 nitrogen and oxygen atoms in total. The van der Waals surface area contributed by atoms with Gasteiger partial charge in [0.05, 0.1) is 0 Å². The van der Waals surface area contributed by atoms with Crippen molar-refractivity contribution >= 4 is 10.8 Å². The van der Waals surface area contributed by atoms with Gasteiger partial charge in [-0.25, -0.2) is 4.39 Å². The molecule has 0 saturated heterocycles. The van der Waals surface area contributed by atoms with Gasteiger partial charge in [-0.15, -0.1) is 0 Å². The van der Waals surface area contributed by atoms with Gasteiger partial charge in [-0.05, 0) is 71.3 Å². The molecule has 1 aliphatic carbocycles. The van der Waals surface area contributed by atoms with E-state index in [1.54, 1.807) is 12.1 Å².